The Kier molecular flexibility index (Phi) is 7.26. The van der Waals surface area contributed by atoms with Crippen LogP contribution in [-0.4, -0.2) is 44.7 Å². The molecule has 0 spiro atoms. The fourth-order valence-corrected chi connectivity index (χ4v) is 3.09. The van der Waals surface area contributed by atoms with E-state index < -0.39 is 11.8 Å². The number of allylic oxidation sites excluding steroid dienone is 1. The number of nitrogens with one attached hydrogen (secondary N) is 1. The minimum atomic E-state index is -0.550. The molecule has 1 heterocycles. The number of rotatable bonds is 8. The number of hydrogen-bond donors (Lipinski definition) is 1. The minimum Gasteiger partial charge on any atom is -0.496 e. The molecular formula is C22H24N2O6. The predicted octanol–water partition coefficient (Wildman–Crippen LogP) is 3.62. The zero-order chi connectivity index (χ0) is 22.4. The normalized spacial score (nSPS) is 10.9. The highest BCUT2D eigenvalue weighted by Gasteiger charge is 2.25. The van der Waals surface area contributed by atoms with Crippen LogP contribution in [0, 0.1) is 25.2 Å². The standard InChI is InChI=1S/C22H24N2O6/c1-7-30-22(26)19-12(2)20(24-13(19)3)21(25)15(11-23)8-14-9-17(28-5)18(29-6)10-16(14)27-4/h8-10,24H,7H2,1-6H3. The second kappa shape index (κ2) is 9.65. The molecule has 0 aliphatic carbocycles. The zero-order valence-electron chi connectivity index (χ0n) is 17.8. The number of carbonyl (C=O) groups is 2. The number of ketones is 1. The molecule has 0 atom stereocenters. The van der Waals surface area contributed by atoms with Crippen LogP contribution in [0.25, 0.3) is 6.08 Å². The van der Waals surface area contributed by atoms with Gasteiger partial charge in [0.2, 0.25) is 5.78 Å². The van der Waals surface area contributed by atoms with Gasteiger partial charge in [0, 0.05) is 17.3 Å². The smallest absolute Gasteiger partial charge is 0.340 e. The SMILES string of the molecule is CCOC(=O)c1c(C)[nH]c(C(=O)C(C#N)=Cc2cc(OC)c(OC)cc2OC)c1C. The highest BCUT2D eigenvalue weighted by molar-refractivity contribution is 6.15. The Hall–Kier alpha value is -3.73. The number of carbonyl (C=O) groups excluding carboxylic acids is 2. The molecule has 8 nitrogen and oxygen atoms in total. The average Bonchev–Trinajstić information content (AvgIpc) is 3.04. The molecule has 0 unspecified atom stereocenters. The molecule has 1 N–H and O–H groups in total. The van der Waals surface area contributed by atoms with Crippen LogP contribution < -0.4 is 14.2 Å². The number of aromatic amines is 1. The van der Waals surface area contributed by atoms with Gasteiger partial charge in [0.25, 0.3) is 0 Å². The van der Waals surface area contributed by atoms with E-state index in [0.29, 0.717) is 39.6 Å². The maximum atomic E-state index is 13.1. The number of benzene rings is 1. The first kappa shape index (κ1) is 22.6. The van der Waals surface area contributed by atoms with E-state index in [2.05, 4.69) is 4.98 Å². The molecule has 0 saturated heterocycles. The van der Waals surface area contributed by atoms with Crippen molar-refractivity contribution in [3.63, 3.8) is 0 Å². The summed E-state index contributed by atoms with van der Waals surface area (Å²) in [6, 6.07) is 5.14. The summed E-state index contributed by atoms with van der Waals surface area (Å²) in [5, 5.41) is 9.63. The maximum Gasteiger partial charge on any atom is 0.340 e. The van der Waals surface area contributed by atoms with E-state index in [0.717, 1.165) is 0 Å². The monoisotopic (exact) mass is 412 g/mol. The summed E-state index contributed by atoms with van der Waals surface area (Å²) in [6.45, 7) is 5.22. The molecule has 158 valence electrons. The third-order valence-corrected chi connectivity index (χ3v) is 4.54. The Balaban J connectivity index is 2.55. The van der Waals surface area contributed by atoms with Gasteiger partial charge >= 0.3 is 5.97 Å². The molecule has 0 aliphatic rings. The van der Waals surface area contributed by atoms with E-state index in [1.54, 1.807) is 32.9 Å². The Morgan fingerprint density at radius 3 is 2.20 bits per heavy atom. The first-order valence-corrected chi connectivity index (χ1v) is 9.15. The minimum absolute atomic E-state index is 0.139. The lowest BCUT2D eigenvalue weighted by Crippen LogP contribution is -2.08. The number of hydrogen-bond acceptors (Lipinski definition) is 7. The summed E-state index contributed by atoms with van der Waals surface area (Å²) >= 11 is 0. The lowest BCUT2D eigenvalue weighted by atomic mass is 10.0. The first-order valence-electron chi connectivity index (χ1n) is 9.15. The predicted molar refractivity (Wildman–Crippen MR) is 110 cm³/mol. The van der Waals surface area contributed by atoms with E-state index in [4.69, 9.17) is 18.9 Å². The molecule has 0 aliphatic heterocycles. The number of aromatic nitrogens is 1. The van der Waals surface area contributed by atoms with Crippen LogP contribution in [0.5, 0.6) is 17.2 Å². The average molecular weight is 412 g/mol. The summed E-state index contributed by atoms with van der Waals surface area (Å²) in [5.74, 6) is 0.203. The van der Waals surface area contributed by atoms with Gasteiger partial charge in [-0.05, 0) is 38.5 Å². The maximum absolute atomic E-state index is 13.1. The van der Waals surface area contributed by atoms with Gasteiger partial charge in [-0.3, -0.25) is 4.79 Å². The number of nitriles is 1. The van der Waals surface area contributed by atoms with E-state index in [1.165, 1.54) is 27.4 Å². The molecule has 2 aromatic rings. The molecule has 0 amide bonds. The van der Waals surface area contributed by atoms with Crippen molar-refractivity contribution in [2.45, 2.75) is 20.8 Å². The van der Waals surface area contributed by atoms with Gasteiger partial charge in [-0.1, -0.05) is 0 Å². The number of Topliss-reactive ketones (excluding diaryl/α,β-unsaturated/α-hetero) is 1. The van der Waals surface area contributed by atoms with Gasteiger partial charge in [0.05, 0.1) is 39.2 Å². The fraction of sp³-hybridized carbons (Fsp3) is 0.318. The number of ether oxygens (including phenoxy) is 4. The molecular weight excluding hydrogens is 388 g/mol. The molecule has 0 radical (unpaired) electrons. The number of nitrogens with zero attached hydrogens (tertiary/aromatic N) is 1. The summed E-state index contributed by atoms with van der Waals surface area (Å²) in [5.41, 5.74) is 1.70. The van der Waals surface area contributed by atoms with Crippen LogP contribution in [-0.2, 0) is 4.74 Å². The Bertz CT molecular complexity index is 1040. The molecule has 0 saturated carbocycles. The number of esters is 1. The summed E-state index contributed by atoms with van der Waals surface area (Å²) in [6.07, 6.45) is 1.41. The molecule has 1 aromatic carbocycles. The van der Waals surface area contributed by atoms with Crippen LogP contribution in [0.4, 0.5) is 0 Å². The first-order chi connectivity index (χ1) is 14.3. The topological polar surface area (TPSA) is 111 Å². The van der Waals surface area contributed by atoms with Crippen LogP contribution in [0.15, 0.2) is 17.7 Å². The van der Waals surface area contributed by atoms with Crippen molar-refractivity contribution in [2.75, 3.05) is 27.9 Å². The Morgan fingerprint density at radius 1 is 1.07 bits per heavy atom. The number of methoxy groups -OCH3 is 3. The lowest BCUT2D eigenvalue weighted by Gasteiger charge is -2.12. The van der Waals surface area contributed by atoms with Gasteiger partial charge in [0.15, 0.2) is 11.5 Å². The Labute approximate surface area is 175 Å². The summed E-state index contributed by atoms with van der Waals surface area (Å²) in [7, 11) is 4.45. The van der Waals surface area contributed by atoms with E-state index in [-0.39, 0.29) is 17.9 Å². The van der Waals surface area contributed by atoms with E-state index in [9.17, 15) is 14.9 Å². The molecule has 30 heavy (non-hydrogen) atoms. The largest absolute Gasteiger partial charge is 0.496 e. The third-order valence-electron chi connectivity index (χ3n) is 4.54. The third kappa shape index (κ3) is 4.30. The van der Waals surface area contributed by atoms with Crippen LogP contribution in [0.3, 0.4) is 0 Å². The zero-order valence-corrected chi connectivity index (χ0v) is 17.8. The molecule has 1 aromatic heterocycles. The van der Waals surface area contributed by atoms with Crippen molar-refractivity contribution in [1.82, 2.24) is 4.98 Å². The summed E-state index contributed by atoms with van der Waals surface area (Å²) in [4.78, 5) is 28.1. The summed E-state index contributed by atoms with van der Waals surface area (Å²) < 4.78 is 20.9. The van der Waals surface area contributed by atoms with E-state index >= 15 is 0 Å². The van der Waals surface area contributed by atoms with Crippen LogP contribution in [0.2, 0.25) is 0 Å². The van der Waals surface area contributed by atoms with Crippen molar-refractivity contribution in [3.8, 4) is 23.3 Å². The van der Waals surface area contributed by atoms with Crippen molar-refractivity contribution < 1.29 is 28.5 Å². The van der Waals surface area contributed by atoms with Crippen molar-refractivity contribution >= 4 is 17.8 Å². The second-order valence-electron chi connectivity index (χ2n) is 6.29. The highest BCUT2D eigenvalue weighted by Crippen LogP contribution is 2.36. The molecule has 0 bridgehead atoms. The van der Waals surface area contributed by atoms with Crippen molar-refractivity contribution in [1.29, 1.82) is 5.26 Å². The molecule has 0 fully saturated rings. The van der Waals surface area contributed by atoms with Gasteiger partial charge in [-0.2, -0.15) is 5.26 Å². The number of aryl methyl sites for hydroxylation is 1. The quantitative estimate of drug-likeness (QED) is 0.305. The van der Waals surface area contributed by atoms with Crippen LogP contribution >= 0.6 is 0 Å². The number of H-pyrrole nitrogens is 1. The van der Waals surface area contributed by atoms with Crippen molar-refractivity contribution in [2.24, 2.45) is 0 Å². The molecule has 2 rings (SSSR count). The van der Waals surface area contributed by atoms with Crippen molar-refractivity contribution in [3.05, 3.63) is 45.8 Å². The highest BCUT2D eigenvalue weighted by atomic mass is 16.5. The van der Waals surface area contributed by atoms with Gasteiger partial charge in [-0.25, -0.2) is 4.79 Å². The van der Waals surface area contributed by atoms with Gasteiger partial charge < -0.3 is 23.9 Å². The van der Waals surface area contributed by atoms with Gasteiger partial charge in [0.1, 0.15) is 17.4 Å². The van der Waals surface area contributed by atoms with Gasteiger partial charge in [-0.15, -0.1) is 0 Å². The molecule has 8 heteroatoms. The Morgan fingerprint density at radius 2 is 1.67 bits per heavy atom. The van der Waals surface area contributed by atoms with E-state index in [1.807, 2.05) is 6.07 Å². The van der Waals surface area contributed by atoms with Crippen LogP contribution in [0.1, 0.15) is 44.6 Å². The second-order valence-corrected chi connectivity index (χ2v) is 6.29. The lowest BCUT2D eigenvalue weighted by molar-refractivity contribution is 0.0525. The fourth-order valence-electron chi connectivity index (χ4n) is 3.09.